The van der Waals surface area contributed by atoms with E-state index in [9.17, 15) is 0 Å². The minimum atomic E-state index is 0. The van der Waals surface area contributed by atoms with E-state index >= 15 is 0 Å². The molecule has 0 aliphatic carbocycles. The van der Waals surface area contributed by atoms with Crippen LogP contribution in [0.4, 0.5) is 0 Å². The van der Waals surface area contributed by atoms with Crippen molar-refractivity contribution in [2.24, 2.45) is 4.99 Å². The summed E-state index contributed by atoms with van der Waals surface area (Å²) in [5, 5.41) is 8.05. The number of aliphatic imine (C=N–C) groups is 1. The molecule has 2 N–H and O–H groups in total. The molecule has 0 bridgehead atoms. The normalized spacial score (nSPS) is 16.0. The molecule has 27 heavy (non-hydrogen) atoms. The SMILES string of the molecule is CN=C(NCc1nc(C)c(C)s1)NC1CCN(Cc2ccccn2)CC1.I. The Kier molecular flexibility index (Phi) is 8.91. The Bertz CT molecular complexity index is 706. The summed E-state index contributed by atoms with van der Waals surface area (Å²) < 4.78 is 0. The first-order chi connectivity index (χ1) is 12.6. The Morgan fingerprint density at radius 1 is 1.30 bits per heavy atom. The monoisotopic (exact) mass is 500 g/mol. The van der Waals surface area contributed by atoms with Crippen molar-refractivity contribution in [2.45, 2.75) is 45.8 Å². The van der Waals surface area contributed by atoms with Crippen molar-refractivity contribution in [3.05, 3.63) is 45.7 Å². The summed E-state index contributed by atoms with van der Waals surface area (Å²) in [7, 11) is 1.82. The van der Waals surface area contributed by atoms with E-state index in [-0.39, 0.29) is 24.0 Å². The van der Waals surface area contributed by atoms with E-state index in [0.29, 0.717) is 6.04 Å². The number of piperidine rings is 1. The van der Waals surface area contributed by atoms with Gasteiger partial charge in [-0.25, -0.2) is 4.98 Å². The summed E-state index contributed by atoms with van der Waals surface area (Å²) in [5.74, 6) is 0.860. The first-order valence-electron chi connectivity index (χ1n) is 9.16. The number of likely N-dealkylation sites (tertiary alicyclic amines) is 1. The van der Waals surface area contributed by atoms with Crippen LogP contribution >= 0.6 is 35.3 Å². The molecule has 148 valence electrons. The molecule has 1 aliphatic rings. The van der Waals surface area contributed by atoms with Gasteiger partial charge in [-0.2, -0.15) is 0 Å². The molecule has 1 aliphatic heterocycles. The highest BCUT2D eigenvalue weighted by molar-refractivity contribution is 14.0. The van der Waals surface area contributed by atoms with Crippen LogP contribution in [0.15, 0.2) is 29.4 Å². The van der Waals surface area contributed by atoms with Gasteiger partial charge < -0.3 is 10.6 Å². The van der Waals surface area contributed by atoms with E-state index in [4.69, 9.17) is 0 Å². The highest BCUT2D eigenvalue weighted by atomic mass is 127. The van der Waals surface area contributed by atoms with Crippen molar-refractivity contribution in [3.8, 4) is 0 Å². The maximum absolute atomic E-state index is 4.57. The average molecular weight is 500 g/mol. The summed E-state index contributed by atoms with van der Waals surface area (Å²) in [4.78, 5) is 17.1. The van der Waals surface area contributed by atoms with Crippen LogP contribution in [0, 0.1) is 13.8 Å². The standard InChI is InChI=1S/C19H28N6S.HI/c1-14-15(2)26-18(23-14)12-22-19(20-3)24-16-7-10-25(11-8-16)13-17-6-4-5-9-21-17;/h4-6,9,16H,7-8,10-13H2,1-3H3,(H2,20,22,24);1H. The van der Waals surface area contributed by atoms with Crippen LogP contribution in [-0.2, 0) is 13.1 Å². The first kappa shape index (κ1) is 22.0. The molecule has 1 fully saturated rings. The predicted molar refractivity (Wildman–Crippen MR) is 123 cm³/mol. The lowest BCUT2D eigenvalue weighted by Crippen LogP contribution is -2.48. The molecule has 0 unspecified atom stereocenters. The number of guanidine groups is 1. The molecular formula is C19H29IN6S. The molecule has 3 heterocycles. The Labute approximate surface area is 182 Å². The third-order valence-electron chi connectivity index (χ3n) is 4.74. The van der Waals surface area contributed by atoms with Crippen LogP contribution in [0.3, 0.4) is 0 Å². The van der Waals surface area contributed by atoms with Crippen LogP contribution in [0.1, 0.15) is 34.1 Å². The van der Waals surface area contributed by atoms with Gasteiger partial charge in [0.1, 0.15) is 5.01 Å². The van der Waals surface area contributed by atoms with Crippen LogP contribution in [-0.4, -0.2) is 47.0 Å². The molecule has 3 rings (SSSR count). The van der Waals surface area contributed by atoms with E-state index in [0.717, 1.165) is 61.4 Å². The summed E-state index contributed by atoms with van der Waals surface area (Å²) >= 11 is 1.75. The molecule has 0 amide bonds. The second kappa shape index (κ2) is 10.9. The van der Waals surface area contributed by atoms with Gasteiger partial charge in [-0.15, -0.1) is 35.3 Å². The van der Waals surface area contributed by atoms with Crippen LogP contribution < -0.4 is 10.6 Å². The van der Waals surface area contributed by atoms with Crippen molar-refractivity contribution in [2.75, 3.05) is 20.1 Å². The number of nitrogens with zero attached hydrogens (tertiary/aromatic N) is 4. The highest BCUT2D eigenvalue weighted by Crippen LogP contribution is 2.16. The number of aryl methyl sites for hydroxylation is 2. The molecule has 0 radical (unpaired) electrons. The summed E-state index contributed by atoms with van der Waals surface area (Å²) in [6.45, 7) is 7.98. The van der Waals surface area contributed by atoms with Crippen molar-refractivity contribution in [1.29, 1.82) is 0 Å². The number of rotatable bonds is 5. The van der Waals surface area contributed by atoms with E-state index in [2.05, 4.69) is 56.5 Å². The number of pyridine rings is 1. The second-order valence-corrected chi connectivity index (χ2v) is 7.98. The third-order valence-corrected chi connectivity index (χ3v) is 5.82. The molecule has 0 atom stereocenters. The molecular weight excluding hydrogens is 471 g/mol. The van der Waals surface area contributed by atoms with Gasteiger partial charge in [0.25, 0.3) is 0 Å². The number of hydrogen-bond acceptors (Lipinski definition) is 5. The minimum absolute atomic E-state index is 0. The lowest BCUT2D eigenvalue weighted by molar-refractivity contribution is 0.196. The zero-order valence-electron chi connectivity index (χ0n) is 16.2. The molecule has 0 spiro atoms. The number of aromatic nitrogens is 2. The molecule has 1 saturated heterocycles. The van der Waals surface area contributed by atoms with Gasteiger partial charge in [-0.1, -0.05) is 6.07 Å². The number of hydrogen-bond donors (Lipinski definition) is 2. The highest BCUT2D eigenvalue weighted by Gasteiger charge is 2.20. The topological polar surface area (TPSA) is 65.4 Å². The Morgan fingerprint density at radius 3 is 2.67 bits per heavy atom. The minimum Gasteiger partial charge on any atom is -0.354 e. The van der Waals surface area contributed by atoms with E-state index in [1.54, 1.807) is 11.3 Å². The fourth-order valence-electron chi connectivity index (χ4n) is 3.12. The lowest BCUT2D eigenvalue weighted by Gasteiger charge is -2.32. The zero-order chi connectivity index (χ0) is 18.4. The fourth-order valence-corrected chi connectivity index (χ4v) is 3.99. The van der Waals surface area contributed by atoms with Crippen molar-refractivity contribution >= 4 is 41.3 Å². The van der Waals surface area contributed by atoms with Gasteiger partial charge in [0, 0.05) is 43.8 Å². The van der Waals surface area contributed by atoms with Crippen LogP contribution in [0.25, 0.3) is 0 Å². The van der Waals surface area contributed by atoms with Gasteiger partial charge in [-0.05, 0) is 38.8 Å². The van der Waals surface area contributed by atoms with Crippen molar-refractivity contribution in [3.63, 3.8) is 0 Å². The third kappa shape index (κ3) is 6.69. The summed E-state index contributed by atoms with van der Waals surface area (Å²) in [6.07, 6.45) is 4.09. The molecule has 2 aromatic rings. The van der Waals surface area contributed by atoms with Gasteiger partial charge in [0.2, 0.25) is 0 Å². The van der Waals surface area contributed by atoms with Crippen LogP contribution in [0.2, 0.25) is 0 Å². The van der Waals surface area contributed by atoms with Gasteiger partial charge in [0.05, 0.1) is 17.9 Å². The Morgan fingerprint density at radius 2 is 2.07 bits per heavy atom. The van der Waals surface area contributed by atoms with E-state index in [1.165, 1.54) is 4.88 Å². The zero-order valence-corrected chi connectivity index (χ0v) is 19.4. The van der Waals surface area contributed by atoms with E-state index in [1.807, 2.05) is 19.3 Å². The first-order valence-corrected chi connectivity index (χ1v) is 9.98. The van der Waals surface area contributed by atoms with Gasteiger partial charge in [-0.3, -0.25) is 14.9 Å². The Balaban J connectivity index is 0.00000261. The predicted octanol–water partition coefficient (Wildman–Crippen LogP) is 3.10. The van der Waals surface area contributed by atoms with Gasteiger partial charge in [0.15, 0.2) is 5.96 Å². The summed E-state index contributed by atoms with van der Waals surface area (Å²) in [5.41, 5.74) is 2.26. The van der Waals surface area contributed by atoms with Crippen molar-refractivity contribution in [1.82, 2.24) is 25.5 Å². The quantitative estimate of drug-likeness (QED) is 0.376. The lowest BCUT2D eigenvalue weighted by atomic mass is 10.1. The van der Waals surface area contributed by atoms with Crippen molar-refractivity contribution < 1.29 is 0 Å². The smallest absolute Gasteiger partial charge is 0.191 e. The fraction of sp³-hybridized carbons (Fsp3) is 0.526. The molecule has 0 aromatic carbocycles. The maximum atomic E-state index is 4.57. The number of halogens is 1. The average Bonchev–Trinajstić information content (AvgIpc) is 2.98. The molecule has 2 aromatic heterocycles. The summed E-state index contributed by atoms with van der Waals surface area (Å²) in [6, 6.07) is 6.57. The Hall–Kier alpha value is -1.26. The largest absolute Gasteiger partial charge is 0.354 e. The molecule has 6 nitrogen and oxygen atoms in total. The number of nitrogens with one attached hydrogen (secondary N) is 2. The molecule has 8 heteroatoms. The maximum Gasteiger partial charge on any atom is 0.191 e. The van der Waals surface area contributed by atoms with Crippen LogP contribution in [0.5, 0.6) is 0 Å². The van der Waals surface area contributed by atoms with Gasteiger partial charge >= 0.3 is 0 Å². The second-order valence-electron chi connectivity index (χ2n) is 6.69. The van der Waals surface area contributed by atoms with E-state index < -0.39 is 0 Å². The number of thiazole rings is 1. The molecule has 0 saturated carbocycles.